The van der Waals surface area contributed by atoms with Crippen molar-refractivity contribution in [2.24, 2.45) is 0 Å². The van der Waals surface area contributed by atoms with Crippen LogP contribution >= 0.6 is 0 Å². The van der Waals surface area contributed by atoms with Crippen LogP contribution < -0.4 is 10.6 Å². The molecule has 0 amide bonds. The lowest BCUT2D eigenvalue weighted by Gasteiger charge is -2.26. The number of fused-ring (bicyclic) bond motifs is 1. The van der Waals surface area contributed by atoms with Gasteiger partial charge in [-0.25, -0.2) is 0 Å². The number of ketones is 1. The summed E-state index contributed by atoms with van der Waals surface area (Å²) in [5.74, 6) is 7.09. The van der Waals surface area contributed by atoms with Crippen LogP contribution in [0.4, 0.5) is 0 Å². The van der Waals surface area contributed by atoms with E-state index in [1.807, 2.05) is 48.7 Å². The molecule has 1 aliphatic heterocycles. The molecule has 0 unspecified atom stereocenters. The zero-order valence-corrected chi connectivity index (χ0v) is 23.4. The summed E-state index contributed by atoms with van der Waals surface area (Å²) in [7, 11) is 0. The Kier molecular flexibility index (Phi) is 10.5. The molecule has 0 saturated heterocycles. The Bertz CT molecular complexity index is 1230. The highest BCUT2D eigenvalue weighted by molar-refractivity contribution is 6.11. The third-order valence-corrected chi connectivity index (χ3v) is 7.68. The summed E-state index contributed by atoms with van der Waals surface area (Å²) in [6.45, 7) is 8.38. The van der Waals surface area contributed by atoms with Crippen LogP contribution in [-0.2, 0) is 0 Å². The Labute approximate surface area is 228 Å². The molecule has 0 radical (unpaired) electrons. The zero-order valence-electron chi connectivity index (χ0n) is 23.4. The van der Waals surface area contributed by atoms with Gasteiger partial charge in [-0.05, 0) is 61.7 Å². The summed E-state index contributed by atoms with van der Waals surface area (Å²) in [4.78, 5) is 16.0. The third kappa shape index (κ3) is 7.28. The summed E-state index contributed by atoms with van der Waals surface area (Å²) in [6, 6.07) is 13.4. The number of rotatable bonds is 15. The van der Waals surface area contributed by atoms with Crippen LogP contribution in [0.25, 0.3) is 16.5 Å². The number of nitrogen functional groups attached to an aromatic ring is 1. The number of carbonyl (C=O) groups is 1. The second-order valence-electron chi connectivity index (χ2n) is 10.6. The molecule has 4 rings (SSSR count). The lowest BCUT2D eigenvalue weighted by molar-refractivity contribution is 0.103. The Morgan fingerprint density at radius 3 is 2.45 bits per heavy atom. The number of carbonyl (C=O) groups excluding carboxylic acids is 1. The van der Waals surface area contributed by atoms with Crippen molar-refractivity contribution in [1.82, 2.24) is 9.58 Å². The van der Waals surface area contributed by atoms with Crippen LogP contribution in [0, 0.1) is 0 Å². The van der Waals surface area contributed by atoms with Crippen molar-refractivity contribution in [2.45, 2.75) is 78.1 Å². The highest BCUT2D eigenvalue weighted by Gasteiger charge is 2.19. The van der Waals surface area contributed by atoms with E-state index in [1.54, 1.807) is 4.68 Å². The standard InChI is InChI=1S/C33H45N3O2/c1-3-5-7-9-11-22-38-29-14-12-13-27(23-29)33(37)28-15-16-32-30(24-28)31(25-36(32)34)26-17-20-35(21-18-26)19-10-8-6-4-2/h12-17,23-25H,3-11,18-22,34H2,1-2H3. The molecule has 5 heteroatoms. The van der Waals surface area contributed by atoms with Crippen molar-refractivity contribution < 1.29 is 9.53 Å². The van der Waals surface area contributed by atoms with Gasteiger partial charge in [-0.2, -0.15) is 0 Å². The molecule has 1 aliphatic rings. The van der Waals surface area contributed by atoms with Gasteiger partial charge in [-0.3, -0.25) is 14.4 Å². The maximum absolute atomic E-state index is 13.5. The second-order valence-corrected chi connectivity index (χ2v) is 10.6. The van der Waals surface area contributed by atoms with E-state index in [1.165, 1.54) is 63.5 Å². The molecule has 0 atom stereocenters. The number of nitrogens with zero attached hydrogens (tertiary/aromatic N) is 2. The Morgan fingerprint density at radius 1 is 0.921 bits per heavy atom. The SMILES string of the molecule is CCCCCCCOc1cccc(C(=O)c2ccc3c(c2)c(C2=CCN(CCCCCC)CC2)cn3N)c1. The molecule has 2 N–H and O–H groups in total. The summed E-state index contributed by atoms with van der Waals surface area (Å²) < 4.78 is 7.63. The molecule has 38 heavy (non-hydrogen) atoms. The van der Waals surface area contributed by atoms with Gasteiger partial charge in [0, 0.05) is 41.4 Å². The van der Waals surface area contributed by atoms with E-state index >= 15 is 0 Å². The van der Waals surface area contributed by atoms with E-state index in [-0.39, 0.29) is 5.78 Å². The van der Waals surface area contributed by atoms with Gasteiger partial charge in [0.05, 0.1) is 12.1 Å². The van der Waals surface area contributed by atoms with Crippen molar-refractivity contribution in [1.29, 1.82) is 0 Å². The molecular weight excluding hydrogens is 470 g/mol. The van der Waals surface area contributed by atoms with Gasteiger partial charge in [0.15, 0.2) is 5.78 Å². The number of unbranched alkanes of at least 4 members (excludes halogenated alkanes) is 7. The lowest BCUT2D eigenvalue weighted by atomic mass is 9.96. The number of benzene rings is 2. The smallest absolute Gasteiger partial charge is 0.193 e. The van der Waals surface area contributed by atoms with Crippen LogP contribution in [0.2, 0.25) is 0 Å². The minimum Gasteiger partial charge on any atom is -0.494 e. The number of hydrogen-bond donors (Lipinski definition) is 1. The molecule has 3 aromatic rings. The van der Waals surface area contributed by atoms with E-state index in [4.69, 9.17) is 10.6 Å². The summed E-state index contributed by atoms with van der Waals surface area (Å²) in [6.07, 6.45) is 16.5. The first-order valence-electron chi connectivity index (χ1n) is 14.7. The van der Waals surface area contributed by atoms with Gasteiger partial charge in [-0.15, -0.1) is 0 Å². The first kappa shape index (κ1) is 28.0. The van der Waals surface area contributed by atoms with Crippen molar-refractivity contribution in [2.75, 3.05) is 32.1 Å². The predicted molar refractivity (Wildman–Crippen MR) is 159 cm³/mol. The molecule has 0 bridgehead atoms. The van der Waals surface area contributed by atoms with Crippen LogP contribution in [0.15, 0.2) is 54.7 Å². The summed E-state index contributed by atoms with van der Waals surface area (Å²) >= 11 is 0. The predicted octanol–water partition coefficient (Wildman–Crippen LogP) is 7.60. The van der Waals surface area contributed by atoms with E-state index in [0.29, 0.717) is 17.7 Å². The van der Waals surface area contributed by atoms with Crippen molar-refractivity contribution in [3.05, 3.63) is 71.4 Å². The summed E-state index contributed by atoms with van der Waals surface area (Å²) in [5, 5.41) is 1.04. The fourth-order valence-corrected chi connectivity index (χ4v) is 5.36. The molecule has 5 nitrogen and oxygen atoms in total. The van der Waals surface area contributed by atoms with Gasteiger partial charge in [0.1, 0.15) is 5.75 Å². The molecular formula is C33H45N3O2. The minimum atomic E-state index is 0.00638. The van der Waals surface area contributed by atoms with Crippen molar-refractivity contribution in [3.8, 4) is 5.75 Å². The van der Waals surface area contributed by atoms with Crippen molar-refractivity contribution >= 4 is 22.3 Å². The number of aromatic nitrogens is 1. The molecule has 1 aromatic heterocycles. The zero-order chi connectivity index (χ0) is 26.7. The number of nitrogens with two attached hydrogens (primary N) is 1. The fraction of sp³-hybridized carbons (Fsp3) is 0.485. The quantitative estimate of drug-likeness (QED) is 0.129. The largest absolute Gasteiger partial charge is 0.494 e. The maximum Gasteiger partial charge on any atom is 0.193 e. The fourth-order valence-electron chi connectivity index (χ4n) is 5.36. The minimum absolute atomic E-state index is 0.00638. The Balaban J connectivity index is 1.45. The van der Waals surface area contributed by atoms with Crippen LogP contribution in [0.3, 0.4) is 0 Å². The lowest BCUT2D eigenvalue weighted by Crippen LogP contribution is -2.29. The van der Waals surface area contributed by atoms with Crippen LogP contribution in [-0.4, -0.2) is 41.6 Å². The van der Waals surface area contributed by atoms with E-state index in [0.717, 1.165) is 48.1 Å². The highest BCUT2D eigenvalue weighted by Crippen LogP contribution is 2.31. The summed E-state index contributed by atoms with van der Waals surface area (Å²) in [5.41, 5.74) is 4.73. The van der Waals surface area contributed by atoms with Gasteiger partial charge < -0.3 is 10.6 Å². The highest BCUT2D eigenvalue weighted by atomic mass is 16.5. The van der Waals surface area contributed by atoms with Crippen LogP contribution in [0.5, 0.6) is 5.75 Å². The first-order chi connectivity index (χ1) is 18.6. The topological polar surface area (TPSA) is 60.5 Å². The van der Waals surface area contributed by atoms with Gasteiger partial charge in [0.2, 0.25) is 0 Å². The second kappa shape index (κ2) is 14.2. The van der Waals surface area contributed by atoms with Gasteiger partial charge in [0.25, 0.3) is 0 Å². The molecule has 2 aromatic carbocycles. The number of hydrogen-bond acceptors (Lipinski definition) is 4. The van der Waals surface area contributed by atoms with Crippen LogP contribution in [0.1, 0.15) is 99.5 Å². The molecule has 0 aliphatic carbocycles. The Morgan fingerprint density at radius 2 is 1.68 bits per heavy atom. The van der Waals surface area contributed by atoms with Gasteiger partial charge in [-0.1, -0.05) is 77.0 Å². The molecule has 204 valence electrons. The van der Waals surface area contributed by atoms with Crippen molar-refractivity contribution in [3.63, 3.8) is 0 Å². The average Bonchev–Trinajstić information content (AvgIpc) is 3.28. The molecule has 0 saturated carbocycles. The molecule has 0 spiro atoms. The monoisotopic (exact) mass is 515 g/mol. The molecule has 0 fully saturated rings. The van der Waals surface area contributed by atoms with E-state index < -0.39 is 0 Å². The van der Waals surface area contributed by atoms with Gasteiger partial charge >= 0.3 is 0 Å². The third-order valence-electron chi connectivity index (χ3n) is 7.68. The van der Waals surface area contributed by atoms with E-state index in [2.05, 4.69) is 24.8 Å². The molecule has 2 heterocycles. The maximum atomic E-state index is 13.5. The first-order valence-corrected chi connectivity index (χ1v) is 14.7. The van der Waals surface area contributed by atoms with E-state index in [9.17, 15) is 4.79 Å². The number of ether oxygens (including phenoxy) is 1. The Hall–Kier alpha value is -3.05. The average molecular weight is 516 g/mol. The normalized spacial score (nSPS) is 14.1.